The average molecular weight is 163 g/mol. The summed E-state index contributed by atoms with van der Waals surface area (Å²) in [5.74, 6) is 0.697. The smallest absolute Gasteiger partial charge is 0.191 e. The van der Waals surface area contributed by atoms with Crippen LogP contribution in [0.3, 0.4) is 0 Å². The fourth-order valence-corrected chi connectivity index (χ4v) is 1.43. The van der Waals surface area contributed by atoms with Crippen molar-refractivity contribution in [2.24, 2.45) is 0 Å². The summed E-state index contributed by atoms with van der Waals surface area (Å²) in [6.07, 6.45) is 3.21. The Balaban J connectivity index is 2.46. The van der Waals surface area contributed by atoms with Crippen molar-refractivity contribution in [2.45, 2.75) is 0 Å². The van der Waals surface area contributed by atoms with E-state index in [1.165, 1.54) is 0 Å². The molecule has 0 unspecified atom stereocenters. The van der Waals surface area contributed by atoms with Crippen molar-refractivity contribution in [3.05, 3.63) is 29.9 Å². The van der Waals surface area contributed by atoms with E-state index in [2.05, 4.69) is 15.2 Å². The van der Waals surface area contributed by atoms with Crippen LogP contribution in [0.25, 0.3) is 10.7 Å². The van der Waals surface area contributed by atoms with Gasteiger partial charge in [-0.1, -0.05) is 6.07 Å². The first kappa shape index (κ1) is 6.42. The third-order valence-corrected chi connectivity index (χ3v) is 2.09. The highest BCUT2D eigenvalue weighted by molar-refractivity contribution is 7.13. The van der Waals surface area contributed by atoms with E-state index in [1.54, 1.807) is 23.7 Å². The van der Waals surface area contributed by atoms with E-state index in [0.29, 0.717) is 5.82 Å². The Labute approximate surface area is 67.8 Å². The van der Waals surface area contributed by atoms with E-state index >= 15 is 0 Å². The van der Waals surface area contributed by atoms with Gasteiger partial charge >= 0.3 is 0 Å². The first-order valence-corrected chi connectivity index (χ1v) is 4.02. The SMILES string of the molecule is c1csc(-c2nccnn2)c1. The Kier molecular flexibility index (Phi) is 1.61. The zero-order chi connectivity index (χ0) is 7.52. The topological polar surface area (TPSA) is 38.7 Å². The molecule has 2 rings (SSSR count). The van der Waals surface area contributed by atoms with Crippen LogP contribution in [0.5, 0.6) is 0 Å². The van der Waals surface area contributed by atoms with Crippen molar-refractivity contribution in [3.63, 3.8) is 0 Å². The molecule has 2 aromatic rings. The second-order valence-corrected chi connectivity index (χ2v) is 2.89. The molecule has 2 aromatic heterocycles. The molecule has 0 aliphatic rings. The monoisotopic (exact) mass is 163 g/mol. The maximum absolute atomic E-state index is 4.06. The van der Waals surface area contributed by atoms with Gasteiger partial charge in [-0.15, -0.1) is 16.4 Å². The lowest BCUT2D eigenvalue weighted by molar-refractivity contribution is 0.983. The summed E-state index contributed by atoms with van der Waals surface area (Å²) in [7, 11) is 0. The van der Waals surface area contributed by atoms with Crippen LogP contribution in [-0.4, -0.2) is 15.2 Å². The number of hydrogen-bond donors (Lipinski definition) is 0. The number of hydrogen-bond acceptors (Lipinski definition) is 4. The molecule has 3 nitrogen and oxygen atoms in total. The minimum atomic E-state index is 0.697. The van der Waals surface area contributed by atoms with Crippen LogP contribution in [-0.2, 0) is 0 Å². The van der Waals surface area contributed by atoms with Crippen molar-refractivity contribution in [2.75, 3.05) is 0 Å². The number of thiophene rings is 1. The van der Waals surface area contributed by atoms with E-state index in [4.69, 9.17) is 0 Å². The van der Waals surface area contributed by atoms with Gasteiger partial charge in [-0.05, 0) is 11.4 Å². The second-order valence-electron chi connectivity index (χ2n) is 1.94. The maximum atomic E-state index is 4.06. The fraction of sp³-hybridized carbons (Fsp3) is 0. The number of aromatic nitrogens is 3. The number of nitrogens with zero attached hydrogens (tertiary/aromatic N) is 3. The quantitative estimate of drug-likeness (QED) is 0.641. The molecule has 54 valence electrons. The van der Waals surface area contributed by atoms with Gasteiger partial charge in [-0.3, -0.25) is 0 Å². The Bertz CT molecular complexity index is 317. The molecule has 2 heterocycles. The Morgan fingerprint density at radius 3 is 2.91 bits per heavy atom. The summed E-state index contributed by atoms with van der Waals surface area (Å²) >= 11 is 1.61. The maximum Gasteiger partial charge on any atom is 0.191 e. The Hall–Kier alpha value is -1.29. The van der Waals surface area contributed by atoms with E-state index in [9.17, 15) is 0 Å². The zero-order valence-electron chi connectivity index (χ0n) is 5.64. The van der Waals surface area contributed by atoms with E-state index in [0.717, 1.165) is 4.88 Å². The predicted octanol–water partition coefficient (Wildman–Crippen LogP) is 1.60. The molecule has 0 aliphatic carbocycles. The molecule has 4 heteroatoms. The number of rotatable bonds is 1. The van der Waals surface area contributed by atoms with Crippen LogP contribution in [0.2, 0.25) is 0 Å². The summed E-state index contributed by atoms with van der Waals surface area (Å²) < 4.78 is 0. The molecule has 0 N–H and O–H groups in total. The lowest BCUT2D eigenvalue weighted by Gasteiger charge is -1.89. The molecule has 0 atom stereocenters. The highest BCUT2D eigenvalue weighted by Gasteiger charge is 1.98. The first-order chi connectivity index (χ1) is 5.47. The minimum Gasteiger partial charge on any atom is -0.233 e. The van der Waals surface area contributed by atoms with Crippen LogP contribution < -0.4 is 0 Å². The van der Waals surface area contributed by atoms with Crippen molar-refractivity contribution in [1.82, 2.24) is 15.2 Å². The molecule has 0 saturated heterocycles. The summed E-state index contributed by atoms with van der Waals surface area (Å²) in [5, 5.41) is 9.60. The van der Waals surface area contributed by atoms with Gasteiger partial charge in [0.05, 0.1) is 11.1 Å². The summed E-state index contributed by atoms with van der Waals surface area (Å²) in [6, 6.07) is 3.94. The van der Waals surface area contributed by atoms with Crippen molar-refractivity contribution in [1.29, 1.82) is 0 Å². The van der Waals surface area contributed by atoms with Crippen LogP contribution in [0.15, 0.2) is 29.9 Å². The highest BCUT2D eigenvalue weighted by Crippen LogP contribution is 2.18. The van der Waals surface area contributed by atoms with Crippen LogP contribution in [0.4, 0.5) is 0 Å². The predicted molar refractivity (Wildman–Crippen MR) is 43.1 cm³/mol. The third kappa shape index (κ3) is 1.25. The molecule has 0 aliphatic heterocycles. The molecule has 0 bridgehead atoms. The zero-order valence-corrected chi connectivity index (χ0v) is 6.45. The standard InChI is InChI=1S/C7H5N3S/c1-2-6(11-5-1)7-8-3-4-9-10-7/h1-5H. The first-order valence-electron chi connectivity index (χ1n) is 3.14. The summed E-state index contributed by atoms with van der Waals surface area (Å²) in [4.78, 5) is 5.11. The van der Waals surface area contributed by atoms with Crippen LogP contribution in [0, 0.1) is 0 Å². The summed E-state index contributed by atoms with van der Waals surface area (Å²) in [5.41, 5.74) is 0. The van der Waals surface area contributed by atoms with Crippen molar-refractivity contribution >= 4 is 11.3 Å². The Morgan fingerprint density at radius 1 is 1.27 bits per heavy atom. The van der Waals surface area contributed by atoms with Gasteiger partial charge in [-0.25, -0.2) is 4.98 Å². The van der Waals surface area contributed by atoms with E-state index in [-0.39, 0.29) is 0 Å². The molecule has 0 fully saturated rings. The van der Waals surface area contributed by atoms with Crippen molar-refractivity contribution in [3.8, 4) is 10.7 Å². The largest absolute Gasteiger partial charge is 0.233 e. The van der Waals surface area contributed by atoms with Gasteiger partial charge in [0.2, 0.25) is 0 Å². The third-order valence-electron chi connectivity index (χ3n) is 1.22. The molecule has 0 radical (unpaired) electrons. The highest BCUT2D eigenvalue weighted by atomic mass is 32.1. The molecular formula is C7H5N3S. The molecule has 11 heavy (non-hydrogen) atoms. The van der Waals surface area contributed by atoms with Gasteiger partial charge in [0.15, 0.2) is 5.82 Å². The van der Waals surface area contributed by atoms with Gasteiger partial charge in [0, 0.05) is 6.20 Å². The lowest BCUT2D eigenvalue weighted by atomic mass is 10.4. The van der Waals surface area contributed by atoms with Gasteiger partial charge in [0.1, 0.15) is 0 Å². The molecule has 0 aromatic carbocycles. The van der Waals surface area contributed by atoms with Gasteiger partial charge in [-0.2, -0.15) is 5.10 Å². The van der Waals surface area contributed by atoms with Gasteiger partial charge < -0.3 is 0 Å². The average Bonchev–Trinajstić information content (AvgIpc) is 2.58. The molecule has 0 amide bonds. The van der Waals surface area contributed by atoms with E-state index in [1.807, 2.05) is 17.5 Å². The van der Waals surface area contributed by atoms with E-state index < -0.39 is 0 Å². The minimum absolute atomic E-state index is 0.697. The molecular weight excluding hydrogens is 158 g/mol. The normalized spacial score (nSPS) is 9.82. The second kappa shape index (κ2) is 2.75. The Morgan fingerprint density at radius 2 is 2.27 bits per heavy atom. The van der Waals surface area contributed by atoms with Gasteiger partial charge in [0.25, 0.3) is 0 Å². The van der Waals surface area contributed by atoms with Crippen LogP contribution in [0.1, 0.15) is 0 Å². The fourth-order valence-electron chi connectivity index (χ4n) is 0.766. The molecule has 0 saturated carbocycles. The van der Waals surface area contributed by atoms with Crippen LogP contribution >= 0.6 is 11.3 Å². The lowest BCUT2D eigenvalue weighted by Crippen LogP contribution is -1.86. The summed E-state index contributed by atoms with van der Waals surface area (Å²) in [6.45, 7) is 0. The molecule has 0 spiro atoms. The van der Waals surface area contributed by atoms with Crippen molar-refractivity contribution < 1.29 is 0 Å².